The molecule has 1 radical (unpaired) electrons. The van der Waals surface area contributed by atoms with Gasteiger partial charge in [-0.1, -0.05) is 114 Å². The topological polar surface area (TPSA) is 53.4 Å². The van der Waals surface area contributed by atoms with Crippen molar-refractivity contribution in [2.45, 2.75) is 84.8 Å². The van der Waals surface area contributed by atoms with E-state index in [0.717, 1.165) is 22.2 Å². The maximum atomic E-state index is 8.56. The Bertz CT molecular complexity index is 1910. The van der Waals surface area contributed by atoms with Gasteiger partial charge in [0.15, 0.2) is 0 Å². The van der Waals surface area contributed by atoms with Gasteiger partial charge in [0.05, 0.1) is 12.2 Å². The van der Waals surface area contributed by atoms with Gasteiger partial charge in [-0.2, -0.15) is 0 Å². The Hall–Kier alpha value is -3.92. The summed E-state index contributed by atoms with van der Waals surface area (Å²) in [5.41, 5.74) is 12.1. The van der Waals surface area contributed by atoms with E-state index in [9.17, 15) is 0 Å². The third-order valence-corrected chi connectivity index (χ3v) is 8.85. The average molecular weight is 841 g/mol. The zero-order chi connectivity index (χ0) is 35.3. The summed E-state index contributed by atoms with van der Waals surface area (Å²) in [6.07, 6.45) is 1.61. The van der Waals surface area contributed by atoms with Crippen molar-refractivity contribution in [3.63, 3.8) is 0 Å². The van der Waals surface area contributed by atoms with Gasteiger partial charge in [0, 0.05) is 26.3 Å². The van der Waals surface area contributed by atoms with Crippen LogP contribution in [0.25, 0.3) is 55.4 Å². The standard InChI is InChI=1S/C41H38N.C5H12O2.Ir/c1-40(2,3)36-18-14-28(15-19-36)33-25-34(29-16-20-37(21-17-29)41(4,5)6)27-35(26-33)31-11-9-12-32(24-31)39-38-13-8-7-10-30(38)22-23-42-39;1-4(6)3-5(2)7;/h7-11,13-27H,1-6H3;4-7H,3H2,1-2H3;/q-1;;. The van der Waals surface area contributed by atoms with Gasteiger partial charge in [-0.05, 0) is 111 Å². The summed E-state index contributed by atoms with van der Waals surface area (Å²) in [7, 11) is 0. The van der Waals surface area contributed by atoms with Gasteiger partial charge in [-0.15, -0.1) is 35.4 Å². The third kappa shape index (κ3) is 9.86. The molecule has 0 saturated carbocycles. The zero-order valence-corrected chi connectivity index (χ0v) is 33.0. The van der Waals surface area contributed by atoms with Gasteiger partial charge in [0.2, 0.25) is 0 Å². The van der Waals surface area contributed by atoms with E-state index in [4.69, 9.17) is 15.2 Å². The average Bonchev–Trinajstić information content (AvgIpc) is 3.07. The van der Waals surface area contributed by atoms with Gasteiger partial charge < -0.3 is 15.2 Å². The van der Waals surface area contributed by atoms with Crippen LogP contribution in [0.3, 0.4) is 0 Å². The molecule has 0 fully saturated rings. The molecule has 0 spiro atoms. The monoisotopic (exact) mass is 841 g/mol. The zero-order valence-electron chi connectivity index (χ0n) is 30.6. The molecule has 0 bridgehead atoms. The minimum Gasteiger partial charge on any atom is -0.393 e. The number of benzene rings is 5. The Labute approximate surface area is 312 Å². The molecule has 2 N–H and O–H groups in total. The second-order valence-corrected chi connectivity index (χ2v) is 15.3. The van der Waals surface area contributed by atoms with Crippen LogP contribution in [-0.4, -0.2) is 27.4 Å². The molecule has 2 atom stereocenters. The third-order valence-electron chi connectivity index (χ3n) is 8.85. The van der Waals surface area contributed by atoms with Crippen LogP contribution in [0.5, 0.6) is 0 Å². The smallest absolute Gasteiger partial charge is 0.0536 e. The molecular weight excluding hydrogens is 791 g/mol. The van der Waals surface area contributed by atoms with E-state index in [0.29, 0.717) is 6.42 Å². The summed E-state index contributed by atoms with van der Waals surface area (Å²) in [5, 5.41) is 19.4. The van der Waals surface area contributed by atoms with E-state index in [1.54, 1.807) is 13.8 Å². The molecule has 3 nitrogen and oxygen atoms in total. The first-order valence-corrected chi connectivity index (χ1v) is 17.3. The molecule has 2 unspecified atom stereocenters. The SMILES string of the molecule is CC(C)(C)c1ccc(-c2cc(-c3ccc(C(C)(C)C)cc3)cc(-c3cc[c-]c(-c4nccc5ccccc45)c3)c2)cc1.CC(O)CC(C)O.[Ir]. The number of fused-ring (bicyclic) bond motifs is 1. The van der Waals surface area contributed by atoms with Crippen LogP contribution in [-0.2, 0) is 30.9 Å². The minimum absolute atomic E-state index is 0. The van der Waals surface area contributed by atoms with Crippen molar-refractivity contribution in [3.05, 3.63) is 139 Å². The van der Waals surface area contributed by atoms with Crippen molar-refractivity contribution in [2.75, 3.05) is 0 Å². The van der Waals surface area contributed by atoms with Crippen molar-refractivity contribution < 1.29 is 30.3 Å². The van der Waals surface area contributed by atoms with Crippen LogP contribution in [0.1, 0.15) is 72.9 Å². The Morgan fingerprint density at radius 2 is 1.06 bits per heavy atom. The summed E-state index contributed by atoms with van der Waals surface area (Å²) >= 11 is 0. The van der Waals surface area contributed by atoms with Crippen LogP contribution in [0, 0.1) is 6.07 Å². The Morgan fingerprint density at radius 1 is 0.580 bits per heavy atom. The van der Waals surface area contributed by atoms with E-state index in [1.165, 1.54) is 44.3 Å². The minimum atomic E-state index is -0.375. The molecule has 0 aliphatic rings. The number of nitrogens with zero attached hydrogens (tertiary/aromatic N) is 1. The van der Waals surface area contributed by atoms with Gasteiger partial charge >= 0.3 is 0 Å². The second-order valence-electron chi connectivity index (χ2n) is 15.3. The molecule has 0 aliphatic heterocycles. The Balaban J connectivity index is 0.000000638. The predicted octanol–water partition coefficient (Wildman–Crippen LogP) is 11.4. The summed E-state index contributed by atoms with van der Waals surface area (Å²) in [6.45, 7) is 16.9. The second kappa shape index (κ2) is 16.4. The summed E-state index contributed by atoms with van der Waals surface area (Å²) < 4.78 is 0. The molecular formula is C46H50IrNO2-. The molecule has 4 heteroatoms. The van der Waals surface area contributed by atoms with Crippen molar-refractivity contribution in [2.24, 2.45) is 0 Å². The molecule has 261 valence electrons. The van der Waals surface area contributed by atoms with Crippen LogP contribution < -0.4 is 0 Å². The van der Waals surface area contributed by atoms with Crippen LogP contribution in [0.2, 0.25) is 0 Å². The molecule has 0 saturated heterocycles. The van der Waals surface area contributed by atoms with Crippen LogP contribution >= 0.6 is 0 Å². The first kappa shape index (κ1) is 38.9. The molecule has 50 heavy (non-hydrogen) atoms. The fourth-order valence-corrected chi connectivity index (χ4v) is 6.06. The first-order chi connectivity index (χ1) is 23.2. The molecule has 5 aromatic carbocycles. The molecule has 6 rings (SSSR count). The van der Waals surface area contributed by atoms with E-state index in [1.807, 2.05) is 12.3 Å². The molecule has 1 aromatic heterocycles. The van der Waals surface area contributed by atoms with Crippen molar-refractivity contribution in [3.8, 4) is 44.6 Å². The number of pyridine rings is 1. The van der Waals surface area contributed by atoms with Gasteiger partial charge in [-0.3, -0.25) is 0 Å². The normalized spacial score (nSPS) is 12.8. The van der Waals surface area contributed by atoms with Gasteiger partial charge in [0.1, 0.15) is 0 Å². The van der Waals surface area contributed by atoms with E-state index in [2.05, 4.69) is 157 Å². The van der Waals surface area contributed by atoms with Gasteiger partial charge in [0.25, 0.3) is 0 Å². The van der Waals surface area contributed by atoms with Crippen molar-refractivity contribution >= 4 is 10.8 Å². The summed E-state index contributed by atoms with van der Waals surface area (Å²) in [5.74, 6) is 0. The first-order valence-electron chi connectivity index (χ1n) is 17.3. The molecule has 6 aromatic rings. The molecule has 1 heterocycles. The van der Waals surface area contributed by atoms with Crippen molar-refractivity contribution in [1.82, 2.24) is 4.98 Å². The number of aromatic nitrogens is 1. The number of hydrogen-bond donors (Lipinski definition) is 2. The van der Waals surface area contributed by atoms with E-state index < -0.39 is 0 Å². The predicted molar refractivity (Wildman–Crippen MR) is 208 cm³/mol. The van der Waals surface area contributed by atoms with Gasteiger partial charge in [-0.25, -0.2) is 0 Å². The Morgan fingerprint density at radius 3 is 1.52 bits per heavy atom. The Kier molecular flexibility index (Phi) is 12.8. The fraction of sp³-hybridized carbons (Fsp3) is 0.283. The number of aliphatic hydroxyl groups excluding tert-OH is 2. The number of rotatable bonds is 6. The van der Waals surface area contributed by atoms with E-state index in [-0.39, 0.29) is 43.1 Å². The van der Waals surface area contributed by atoms with Crippen molar-refractivity contribution in [1.29, 1.82) is 0 Å². The maximum Gasteiger partial charge on any atom is 0.0536 e. The van der Waals surface area contributed by atoms with E-state index >= 15 is 0 Å². The fourth-order valence-electron chi connectivity index (χ4n) is 6.06. The quantitative estimate of drug-likeness (QED) is 0.164. The summed E-state index contributed by atoms with van der Waals surface area (Å²) in [4.78, 5) is 4.77. The number of aliphatic hydroxyl groups is 2. The molecule has 0 aliphatic carbocycles. The van der Waals surface area contributed by atoms with Crippen LogP contribution in [0.15, 0.2) is 121 Å². The van der Waals surface area contributed by atoms with Crippen LogP contribution in [0.4, 0.5) is 0 Å². The number of hydrogen-bond acceptors (Lipinski definition) is 3. The summed E-state index contributed by atoms with van der Waals surface area (Å²) in [6, 6.07) is 45.4. The largest absolute Gasteiger partial charge is 0.393 e. The maximum absolute atomic E-state index is 8.56. The molecule has 0 amide bonds.